The average molecular weight is 399 g/mol. The van der Waals surface area contributed by atoms with Crippen LogP contribution in [-0.4, -0.2) is 52.7 Å². The van der Waals surface area contributed by atoms with Crippen LogP contribution in [0, 0.1) is 0 Å². The van der Waals surface area contributed by atoms with Crippen LogP contribution in [0.3, 0.4) is 0 Å². The highest BCUT2D eigenvalue weighted by Gasteiger charge is 2.13. The number of carbonyl (C=O) groups is 2. The fourth-order valence-corrected chi connectivity index (χ4v) is 2.73. The molecule has 0 aromatic heterocycles. The number of hydrogen-bond donors (Lipinski definition) is 1. The lowest BCUT2D eigenvalue weighted by molar-refractivity contribution is -0.121. The maximum atomic E-state index is 12.1. The second kappa shape index (κ2) is 10.9. The summed E-state index contributed by atoms with van der Waals surface area (Å²) >= 11 is 0. The van der Waals surface area contributed by atoms with E-state index < -0.39 is 0 Å². The highest BCUT2D eigenvalue weighted by atomic mass is 16.5. The summed E-state index contributed by atoms with van der Waals surface area (Å²) in [6.07, 6.45) is 0.220. The lowest BCUT2D eigenvalue weighted by Gasteiger charge is -2.22. The first-order valence-corrected chi connectivity index (χ1v) is 9.49. The van der Waals surface area contributed by atoms with E-state index >= 15 is 0 Å². The highest BCUT2D eigenvalue weighted by Crippen LogP contribution is 2.20. The van der Waals surface area contributed by atoms with Crippen LogP contribution in [0.2, 0.25) is 0 Å². The molecule has 0 heterocycles. The van der Waals surface area contributed by atoms with Gasteiger partial charge in [0.2, 0.25) is 11.8 Å². The molecule has 0 bridgehead atoms. The van der Waals surface area contributed by atoms with E-state index in [0.29, 0.717) is 25.4 Å². The van der Waals surface area contributed by atoms with Crippen molar-refractivity contribution in [2.75, 3.05) is 50.7 Å². The number of amides is 2. The molecule has 1 N–H and O–H groups in total. The molecule has 0 saturated carbocycles. The van der Waals surface area contributed by atoms with Crippen molar-refractivity contribution in [3.8, 4) is 11.5 Å². The molecule has 0 radical (unpaired) electrons. The Hall–Kier alpha value is -3.22. The Labute approximate surface area is 172 Å². The molecule has 0 aliphatic carbocycles. The number of benzene rings is 2. The van der Waals surface area contributed by atoms with Gasteiger partial charge in [-0.25, -0.2) is 0 Å². The minimum absolute atomic E-state index is 0.0988. The Balaban J connectivity index is 1.75. The fraction of sp³-hybridized carbons (Fsp3) is 0.364. The fourth-order valence-electron chi connectivity index (χ4n) is 2.73. The Morgan fingerprint density at radius 2 is 1.52 bits per heavy atom. The molecule has 0 atom stereocenters. The average Bonchev–Trinajstić information content (AvgIpc) is 2.72. The van der Waals surface area contributed by atoms with Gasteiger partial charge >= 0.3 is 0 Å². The van der Waals surface area contributed by atoms with Crippen molar-refractivity contribution in [1.29, 1.82) is 0 Å². The lowest BCUT2D eigenvalue weighted by atomic mass is 10.2. The standard InChI is InChI=1S/C22H29N3O4/c1-17(26)25(19-7-5-18(6-8-19)24(2)3)15-13-22(27)23-14-16-29-21-11-9-20(28-4)10-12-21/h5-12H,13-16H2,1-4H3,(H,23,27). The number of hydrogen-bond acceptors (Lipinski definition) is 5. The Bertz CT molecular complexity index is 789. The summed E-state index contributed by atoms with van der Waals surface area (Å²) in [7, 11) is 5.53. The van der Waals surface area contributed by atoms with E-state index in [0.717, 1.165) is 17.1 Å². The van der Waals surface area contributed by atoms with Crippen molar-refractivity contribution >= 4 is 23.2 Å². The van der Waals surface area contributed by atoms with Crippen LogP contribution in [0.25, 0.3) is 0 Å². The van der Waals surface area contributed by atoms with E-state index in [4.69, 9.17) is 9.47 Å². The molecule has 7 nitrogen and oxygen atoms in total. The Kier molecular flexibility index (Phi) is 8.33. The minimum Gasteiger partial charge on any atom is -0.497 e. The van der Waals surface area contributed by atoms with Crippen LogP contribution in [-0.2, 0) is 9.59 Å². The second-order valence-electron chi connectivity index (χ2n) is 6.71. The van der Waals surface area contributed by atoms with Crippen LogP contribution < -0.4 is 24.6 Å². The number of anilines is 2. The van der Waals surface area contributed by atoms with Gasteiger partial charge in [-0.15, -0.1) is 0 Å². The third-order valence-corrected chi connectivity index (χ3v) is 4.37. The molecule has 2 rings (SSSR count). The Morgan fingerprint density at radius 3 is 2.07 bits per heavy atom. The van der Waals surface area contributed by atoms with Gasteiger partial charge in [0.25, 0.3) is 0 Å². The van der Waals surface area contributed by atoms with Gasteiger partial charge in [-0.1, -0.05) is 0 Å². The maximum Gasteiger partial charge on any atom is 0.223 e. The molecule has 2 amide bonds. The van der Waals surface area contributed by atoms with Gasteiger partial charge in [-0.2, -0.15) is 0 Å². The molecule has 7 heteroatoms. The molecule has 0 fully saturated rings. The first-order chi connectivity index (χ1) is 13.9. The molecule has 0 aliphatic heterocycles. The molecule has 0 aliphatic rings. The topological polar surface area (TPSA) is 71.1 Å². The van der Waals surface area contributed by atoms with Crippen LogP contribution >= 0.6 is 0 Å². The summed E-state index contributed by atoms with van der Waals surface area (Å²) in [5.74, 6) is 1.25. The number of carbonyl (C=O) groups excluding carboxylic acids is 2. The molecule has 29 heavy (non-hydrogen) atoms. The van der Waals surface area contributed by atoms with E-state index in [1.54, 1.807) is 12.0 Å². The van der Waals surface area contributed by atoms with Gasteiger partial charge in [0, 0.05) is 45.4 Å². The number of nitrogens with one attached hydrogen (secondary N) is 1. The van der Waals surface area contributed by atoms with Crippen molar-refractivity contribution in [1.82, 2.24) is 5.32 Å². The minimum atomic E-state index is -0.125. The summed E-state index contributed by atoms with van der Waals surface area (Å²) < 4.78 is 10.7. The third-order valence-electron chi connectivity index (χ3n) is 4.37. The van der Waals surface area contributed by atoms with Crippen molar-refractivity contribution in [3.63, 3.8) is 0 Å². The summed E-state index contributed by atoms with van der Waals surface area (Å²) in [6.45, 7) is 2.57. The molecular weight excluding hydrogens is 370 g/mol. The molecule has 156 valence electrons. The normalized spacial score (nSPS) is 10.2. The molecule has 0 unspecified atom stereocenters. The zero-order valence-corrected chi connectivity index (χ0v) is 17.5. The molecular formula is C22H29N3O4. The number of nitrogens with zero attached hydrogens (tertiary/aromatic N) is 2. The molecule has 0 saturated heterocycles. The van der Waals surface area contributed by atoms with E-state index in [1.807, 2.05) is 67.5 Å². The summed E-state index contributed by atoms with van der Waals surface area (Å²) in [5.41, 5.74) is 1.82. The van der Waals surface area contributed by atoms with Crippen LogP contribution in [0.5, 0.6) is 11.5 Å². The highest BCUT2D eigenvalue weighted by molar-refractivity contribution is 5.92. The molecule has 0 spiro atoms. The lowest BCUT2D eigenvalue weighted by Crippen LogP contribution is -2.35. The quantitative estimate of drug-likeness (QED) is 0.622. The maximum absolute atomic E-state index is 12.1. The zero-order valence-electron chi connectivity index (χ0n) is 17.5. The number of ether oxygens (including phenoxy) is 2. The van der Waals surface area contributed by atoms with Crippen molar-refractivity contribution in [2.45, 2.75) is 13.3 Å². The third kappa shape index (κ3) is 7.03. The SMILES string of the molecule is COc1ccc(OCCNC(=O)CCN(C(C)=O)c2ccc(N(C)C)cc2)cc1. The van der Waals surface area contributed by atoms with Gasteiger partial charge in [-0.3, -0.25) is 9.59 Å². The first-order valence-electron chi connectivity index (χ1n) is 9.49. The van der Waals surface area contributed by atoms with Gasteiger partial charge in [0.1, 0.15) is 18.1 Å². The summed E-state index contributed by atoms with van der Waals surface area (Å²) in [6, 6.07) is 14.9. The van der Waals surface area contributed by atoms with E-state index in [9.17, 15) is 9.59 Å². The van der Waals surface area contributed by atoms with Crippen LogP contribution in [0.1, 0.15) is 13.3 Å². The Morgan fingerprint density at radius 1 is 0.931 bits per heavy atom. The summed E-state index contributed by atoms with van der Waals surface area (Å²) in [4.78, 5) is 27.7. The monoisotopic (exact) mass is 399 g/mol. The van der Waals surface area contributed by atoms with E-state index in [1.165, 1.54) is 6.92 Å². The largest absolute Gasteiger partial charge is 0.497 e. The smallest absolute Gasteiger partial charge is 0.223 e. The second-order valence-corrected chi connectivity index (χ2v) is 6.71. The molecule has 2 aromatic rings. The summed E-state index contributed by atoms with van der Waals surface area (Å²) in [5, 5.41) is 2.81. The van der Waals surface area contributed by atoms with Gasteiger partial charge in [0.15, 0.2) is 0 Å². The van der Waals surface area contributed by atoms with Gasteiger partial charge in [-0.05, 0) is 48.5 Å². The van der Waals surface area contributed by atoms with Crippen LogP contribution in [0.15, 0.2) is 48.5 Å². The van der Waals surface area contributed by atoms with Gasteiger partial charge < -0.3 is 24.6 Å². The number of methoxy groups -OCH3 is 1. The predicted molar refractivity (Wildman–Crippen MR) is 115 cm³/mol. The zero-order chi connectivity index (χ0) is 21.2. The van der Waals surface area contributed by atoms with Crippen molar-refractivity contribution < 1.29 is 19.1 Å². The molecule has 2 aromatic carbocycles. The van der Waals surface area contributed by atoms with Gasteiger partial charge in [0.05, 0.1) is 13.7 Å². The van der Waals surface area contributed by atoms with E-state index in [2.05, 4.69) is 5.32 Å². The number of rotatable bonds is 10. The predicted octanol–water partition coefficient (Wildman–Crippen LogP) is 2.70. The van der Waals surface area contributed by atoms with E-state index in [-0.39, 0.29) is 18.2 Å². The first kappa shape index (κ1) is 22.1. The van der Waals surface area contributed by atoms with Crippen molar-refractivity contribution in [2.24, 2.45) is 0 Å². The van der Waals surface area contributed by atoms with Crippen LogP contribution in [0.4, 0.5) is 11.4 Å². The van der Waals surface area contributed by atoms with Crippen molar-refractivity contribution in [3.05, 3.63) is 48.5 Å².